The van der Waals surface area contributed by atoms with Crippen molar-refractivity contribution in [3.8, 4) is 0 Å². The van der Waals surface area contributed by atoms with Crippen LogP contribution in [0.2, 0.25) is 0 Å². The molecule has 374 valence electrons. The summed E-state index contributed by atoms with van der Waals surface area (Å²) >= 11 is 0. The van der Waals surface area contributed by atoms with Gasteiger partial charge in [0.25, 0.3) is 0 Å². The summed E-state index contributed by atoms with van der Waals surface area (Å²) in [6, 6.07) is 0. The molecule has 65 heavy (non-hydrogen) atoms. The molecule has 0 aromatic heterocycles. The molecule has 0 aromatic carbocycles. The van der Waals surface area contributed by atoms with Gasteiger partial charge in [-0.05, 0) is 70.6 Å². The van der Waals surface area contributed by atoms with Crippen molar-refractivity contribution in [1.82, 2.24) is 0 Å². The molecule has 6 nitrogen and oxygen atoms in total. The molecule has 0 bridgehead atoms. The quantitative estimate of drug-likeness (QED) is 0.0262. The van der Waals surface area contributed by atoms with Gasteiger partial charge in [0.15, 0.2) is 6.10 Å². The lowest BCUT2D eigenvalue weighted by atomic mass is 10.1. The van der Waals surface area contributed by atoms with Crippen molar-refractivity contribution in [2.24, 2.45) is 0 Å². The Bertz CT molecular complexity index is 1230. The van der Waals surface area contributed by atoms with E-state index < -0.39 is 6.10 Å². The number of hydrogen-bond acceptors (Lipinski definition) is 6. The number of carbonyl (C=O) groups excluding carboxylic acids is 3. The molecule has 0 amide bonds. The van der Waals surface area contributed by atoms with Crippen molar-refractivity contribution in [1.29, 1.82) is 0 Å². The van der Waals surface area contributed by atoms with Gasteiger partial charge in [0.05, 0.1) is 0 Å². The van der Waals surface area contributed by atoms with Crippen LogP contribution in [-0.2, 0) is 28.6 Å². The molecule has 0 fully saturated rings. The Balaban J connectivity index is 4.09. The molecule has 1 atom stereocenters. The van der Waals surface area contributed by atoms with Crippen LogP contribution in [0, 0.1) is 0 Å². The number of carbonyl (C=O) groups is 3. The Morgan fingerprint density at radius 3 is 0.938 bits per heavy atom. The molecule has 1 unspecified atom stereocenters. The molecule has 6 heteroatoms. The fourth-order valence-electron chi connectivity index (χ4n) is 7.62. The molecule has 0 radical (unpaired) electrons. The monoisotopic (exact) mass is 907 g/mol. The molecule has 0 spiro atoms. The second-order valence-electron chi connectivity index (χ2n) is 18.1. The Hall–Kier alpha value is -3.15. The smallest absolute Gasteiger partial charge is 0.306 e. The third-order valence-corrected chi connectivity index (χ3v) is 11.7. The predicted octanol–water partition coefficient (Wildman–Crippen LogP) is 18.2. The summed E-state index contributed by atoms with van der Waals surface area (Å²) < 4.78 is 16.7. The topological polar surface area (TPSA) is 78.9 Å². The van der Waals surface area contributed by atoms with E-state index in [1.807, 2.05) is 0 Å². The van der Waals surface area contributed by atoms with Crippen LogP contribution in [0.15, 0.2) is 72.9 Å². The number of unbranched alkanes of at least 4 members (excludes halogenated alkanes) is 26. The Morgan fingerprint density at radius 2 is 0.600 bits per heavy atom. The maximum Gasteiger partial charge on any atom is 0.306 e. The molecule has 0 aromatic rings. The minimum Gasteiger partial charge on any atom is -0.462 e. The summed E-state index contributed by atoms with van der Waals surface area (Å²) in [7, 11) is 0. The summed E-state index contributed by atoms with van der Waals surface area (Å²) in [6.07, 6.45) is 67.7. The van der Waals surface area contributed by atoms with Gasteiger partial charge in [-0.3, -0.25) is 14.4 Å². The highest BCUT2D eigenvalue weighted by Crippen LogP contribution is 2.15. The van der Waals surface area contributed by atoms with Crippen molar-refractivity contribution in [2.75, 3.05) is 13.2 Å². The van der Waals surface area contributed by atoms with Crippen molar-refractivity contribution in [3.63, 3.8) is 0 Å². The van der Waals surface area contributed by atoms with Crippen LogP contribution in [0.5, 0.6) is 0 Å². The first-order valence-corrected chi connectivity index (χ1v) is 27.4. The molecule has 0 N–H and O–H groups in total. The fraction of sp³-hybridized carbons (Fsp3) is 0.746. The van der Waals surface area contributed by atoms with E-state index in [2.05, 4.69) is 93.7 Å². The lowest BCUT2D eigenvalue weighted by molar-refractivity contribution is -0.167. The first-order valence-electron chi connectivity index (χ1n) is 27.4. The van der Waals surface area contributed by atoms with Gasteiger partial charge in [-0.25, -0.2) is 0 Å². The van der Waals surface area contributed by atoms with Gasteiger partial charge < -0.3 is 14.2 Å². The first-order chi connectivity index (χ1) is 32.0. The van der Waals surface area contributed by atoms with Crippen LogP contribution in [0.25, 0.3) is 0 Å². The van der Waals surface area contributed by atoms with Crippen molar-refractivity contribution in [3.05, 3.63) is 72.9 Å². The SMILES string of the molecule is CC/C=C\C/C=C\C/C=C\C/C=C\C/C=C\C/C=C\CCCCCCCCCCCCC(=O)OCC(COC(=O)CCCCCCCCCC)OC(=O)CCCCCCCCCCCC. The molecule has 0 aliphatic heterocycles. The summed E-state index contributed by atoms with van der Waals surface area (Å²) in [5.41, 5.74) is 0. The number of rotatable bonds is 49. The second kappa shape index (κ2) is 53.5. The highest BCUT2D eigenvalue weighted by atomic mass is 16.6. The molecule has 0 rings (SSSR count). The minimum absolute atomic E-state index is 0.0730. The number of hydrogen-bond donors (Lipinski definition) is 0. The van der Waals surface area contributed by atoms with E-state index in [4.69, 9.17) is 14.2 Å². The standard InChI is InChI=1S/C59H102O6/c1-4-7-10-13-16-19-21-22-23-24-25-26-27-28-29-30-31-32-33-34-35-36-37-38-39-41-43-46-49-52-58(61)64-55-56(54-63-57(60)51-48-45-42-18-15-12-9-6-3)65-59(62)53-50-47-44-40-20-17-14-11-8-5-2/h7,10,16,19,22-23,25-26,28-29,31-32,56H,4-6,8-9,11-15,17-18,20-21,24,27,30,33-55H2,1-3H3/b10-7-,19-16-,23-22-,26-25-,29-28-,32-31-. The van der Waals surface area contributed by atoms with E-state index in [1.54, 1.807) is 0 Å². The third-order valence-electron chi connectivity index (χ3n) is 11.7. The van der Waals surface area contributed by atoms with Crippen molar-refractivity contribution >= 4 is 17.9 Å². The summed E-state index contributed by atoms with van der Waals surface area (Å²) in [5, 5.41) is 0. The van der Waals surface area contributed by atoms with Gasteiger partial charge in [-0.1, -0.05) is 248 Å². The average molecular weight is 907 g/mol. The lowest BCUT2D eigenvalue weighted by Crippen LogP contribution is -2.30. The predicted molar refractivity (Wildman–Crippen MR) is 279 cm³/mol. The van der Waals surface area contributed by atoms with Gasteiger partial charge in [-0.15, -0.1) is 0 Å². The van der Waals surface area contributed by atoms with E-state index in [-0.39, 0.29) is 31.1 Å². The van der Waals surface area contributed by atoms with E-state index >= 15 is 0 Å². The summed E-state index contributed by atoms with van der Waals surface area (Å²) in [6.45, 7) is 6.48. The fourth-order valence-corrected chi connectivity index (χ4v) is 7.62. The van der Waals surface area contributed by atoms with E-state index in [0.29, 0.717) is 19.3 Å². The Morgan fingerprint density at radius 1 is 0.323 bits per heavy atom. The average Bonchev–Trinajstić information content (AvgIpc) is 3.30. The zero-order valence-corrected chi connectivity index (χ0v) is 42.7. The van der Waals surface area contributed by atoms with Crippen molar-refractivity contribution in [2.45, 2.75) is 271 Å². The molecular formula is C59H102O6. The first kappa shape index (κ1) is 61.9. The van der Waals surface area contributed by atoms with Gasteiger partial charge >= 0.3 is 17.9 Å². The molecular weight excluding hydrogens is 805 g/mol. The molecule has 0 saturated carbocycles. The summed E-state index contributed by atoms with van der Waals surface area (Å²) in [4.78, 5) is 37.8. The zero-order chi connectivity index (χ0) is 47.2. The molecule has 0 aliphatic carbocycles. The van der Waals surface area contributed by atoms with Crippen LogP contribution in [0.3, 0.4) is 0 Å². The van der Waals surface area contributed by atoms with Crippen LogP contribution in [0.4, 0.5) is 0 Å². The van der Waals surface area contributed by atoms with Gasteiger partial charge in [0, 0.05) is 19.3 Å². The zero-order valence-electron chi connectivity index (χ0n) is 42.7. The number of esters is 3. The Kier molecular flexibility index (Phi) is 50.9. The van der Waals surface area contributed by atoms with Gasteiger partial charge in [0.1, 0.15) is 13.2 Å². The number of ether oxygens (including phenoxy) is 3. The van der Waals surface area contributed by atoms with Crippen molar-refractivity contribution < 1.29 is 28.6 Å². The van der Waals surface area contributed by atoms with Gasteiger partial charge in [-0.2, -0.15) is 0 Å². The third kappa shape index (κ3) is 51.7. The normalized spacial score (nSPS) is 12.6. The van der Waals surface area contributed by atoms with E-state index in [1.165, 1.54) is 128 Å². The van der Waals surface area contributed by atoms with Crippen LogP contribution in [-0.4, -0.2) is 37.2 Å². The maximum absolute atomic E-state index is 12.7. The molecule has 0 heterocycles. The van der Waals surface area contributed by atoms with Crippen LogP contribution < -0.4 is 0 Å². The molecule has 0 aliphatic rings. The lowest BCUT2D eigenvalue weighted by Gasteiger charge is -2.18. The van der Waals surface area contributed by atoms with E-state index in [9.17, 15) is 14.4 Å². The summed E-state index contributed by atoms with van der Waals surface area (Å²) in [5.74, 6) is -0.879. The van der Waals surface area contributed by atoms with Crippen LogP contribution in [0.1, 0.15) is 265 Å². The van der Waals surface area contributed by atoms with Gasteiger partial charge in [0.2, 0.25) is 0 Å². The minimum atomic E-state index is -0.770. The second-order valence-corrected chi connectivity index (χ2v) is 18.1. The molecule has 0 saturated heterocycles. The van der Waals surface area contributed by atoms with E-state index in [0.717, 1.165) is 96.3 Å². The largest absolute Gasteiger partial charge is 0.462 e. The Labute approximate surface area is 402 Å². The highest BCUT2D eigenvalue weighted by molar-refractivity contribution is 5.71. The van der Waals surface area contributed by atoms with Crippen LogP contribution >= 0.6 is 0 Å². The number of allylic oxidation sites excluding steroid dienone is 12. The maximum atomic E-state index is 12.7. The highest BCUT2D eigenvalue weighted by Gasteiger charge is 2.19.